The van der Waals surface area contributed by atoms with Crippen LogP contribution in [-0.2, 0) is 0 Å². The number of hydrogen-bond acceptors (Lipinski definition) is 3. The van der Waals surface area contributed by atoms with Crippen molar-refractivity contribution in [1.82, 2.24) is 9.80 Å². The van der Waals surface area contributed by atoms with Crippen molar-refractivity contribution < 1.29 is 0 Å². The maximum absolute atomic E-state index is 5.98. The minimum atomic E-state index is 0.486. The molecule has 0 aromatic rings. The van der Waals surface area contributed by atoms with Gasteiger partial charge in [0.1, 0.15) is 0 Å². The summed E-state index contributed by atoms with van der Waals surface area (Å²) in [5.41, 5.74) is 5.98. The van der Waals surface area contributed by atoms with Gasteiger partial charge in [-0.1, -0.05) is 6.92 Å². The number of piperazine rings is 1. The van der Waals surface area contributed by atoms with E-state index in [-0.39, 0.29) is 0 Å². The van der Waals surface area contributed by atoms with E-state index in [4.69, 9.17) is 5.73 Å². The molecule has 0 aromatic heterocycles. The summed E-state index contributed by atoms with van der Waals surface area (Å²) in [5, 5.41) is 0. The van der Waals surface area contributed by atoms with Gasteiger partial charge < -0.3 is 15.5 Å². The highest BCUT2D eigenvalue weighted by Crippen LogP contribution is 2.25. The molecule has 0 radical (unpaired) electrons. The third-order valence-corrected chi connectivity index (χ3v) is 4.43. The van der Waals surface area contributed by atoms with Crippen LogP contribution in [0.2, 0.25) is 0 Å². The van der Waals surface area contributed by atoms with Crippen LogP contribution in [-0.4, -0.2) is 55.1 Å². The van der Waals surface area contributed by atoms with Gasteiger partial charge in [0.05, 0.1) is 0 Å². The monoisotopic (exact) mass is 225 g/mol. The zero-order valence-corrected chi connectivity index (χ0v) is 10.9. The number of likely N-dealkylation sites (N-methyl/N-ethyl adjacent to an activating group) is 1. The van der Waals surface area contributed by atoms with Crippen LogP contribution in [0.3, 0.4) is 0 Å². The first-order chi connectivity index (χ1) is 7.69. The van der Waals surface area contributed by atoms with Gasteiger partial charge in [0.2, 0.25) is 0 Å². The Morgan fingerprint density at radius 1 is 1.25 bits per heavy atom. The van der Waals surface area contributed by atoms with Gasteiger partial charge in [-0.05, 0) is 38.6 Å². The maximum Gasteiger partial charge on any atom is 0.0218 e. The number of nitrogens with zero attached hydrogens (tertiary/aromatic N) is 2. The van der Waals surface area contributed by atoms with Gasteiger partial charge in [-0.15, -0.1) is 0 Å². The molecule has 0 spiro atoms. The molecule has 0 amide bonds. The molecule has 1 aliphatic heterocycles. The van der Waals surface area contributed by atoms with Crippen molar-refractivity contribution in [3.8, 4) is 0 Å². The molecule has 2 fully saturated rings. The Bertz CT molecular complexity index is 219. The van der Waals surface area contributed by atoms with E-state index in [2.05, 4.69) is 23.8 Å². The molecule has 1 heterocycles. The number of nitrogens with two attached hydrogens (primary N) is 1. The number of hydrogen-bond donors (Lipinski definition) is 1. The molecule has 3 nitrogen and oxygen atoms in total. The first kappa shape index (κ1) is 12.3. The largest absolute Gasteiger partial charge is 0.328 e. The molecule has 3 atom stereocenters. The van der Waals surface area contributed by atoms with E-state index in [1.807, 2.05) is 0 Å². The average molecular weight is 225 g/mol. The maximum atomic E-state index is 5.98. The van der Waals surface area contributed by atoms with Crippen LogP contribution < -0.4 is 5.73 Å². The molecule has 1 saturated heterocycles. The Labute approximate surface area is 100.0 Å². The average Bonchev–Trinajstić information content (AvgIpc) is 2.67. The van der Waals surface area contributed by atoms with E-state index < -0.39 is 0 Å². The lowest BCUT2D eigenvalue weighted by Crippen LogP contribution is -2.52. The highest BCUT2D eigenvalue weighted by atomic mass is 15.3. The van der Waals surface area contributed by atoms with E-state index in [1.54, 1.807) is 0 Å². The Kier molecular flexibility index (Phi) is 4.22. The third-order valence-electron chi connectivity index (χ3n) is 4.43. The number of rotatable bonds is 3. The van der Waals surface area contributed by atoms with Crippen molar-refractivity contribution in [3.63, 3.8) is 0 Å². The summed E-state index contributed by atoms with van der Waals surface area (Å²) in [4.78, 5) is 5.17. The Morgan fingerprint density at radius 2 is 2.06 bits per heavy atom. The Balaban J connectivity index is 1.78. The lowest BCUT2D eigenvalue weighted by atomic mass is 10.0. The van der Waals surface area contributed by atoms with Crippen LogP contribution in [0.25, 0.3) is 0 Å². The van der Waals surface area contributed by atoms with Gasteiger partial charge in [-0.2, -0.15) is 0 Å². The fraction of sp³-hybridized carbons (Fsp3) is 1.00. The highest BCUT2D eigenvalue weighted by Gasteiger charge is 2.27. The molecule has 2 aliphatic rings. The predicted molar refractivity (Wildman–Crippen MR) is 68.5 cm³/mol. The van der Waals surface area contributed by atoms with Crippen molar-refractivity contribution in [2.24, 2.45) is 11.7 Å². The summed E-state index contributed by atoms with van der Waals surface area (Å²) >= 11 is 0. The van der Waals surface area contributed by atoms with Crippen molar-refractivity contribution in [2.45, 2.75) is 44.7 Å². The molecule has 0 bridgehead atoms. The summed E-state index contributed by atoms with van der Waals surface area (Å²) in [5.74, 6) is 0.871. The fourth-order valence-corrected chi connectivity index (χ4v) is 3.26. The second-order valence-electron chi connectivity index (χ2n) is 5.74. The molecule has 1 aliphatic carbocycles. The SMILES string of the molecule is CCC1CN(CC2CCC(N)C2)CCN1C. The first-order valence-electron chi connectivity index (χ1n) is 6.87. The van der Waals surface area contributed by atoms with Gasteiger partial charge in [-0.25, -0.2) is 0 Å². The van der Waals surface area contributed by atoms with Crippen LogP contribution in [0.5, 0.6) is 0 Å². The van der Waals surface area contributed by atoms with Gasteiger partial charge >= 0.3 is 0 Å². The molecule has 2 N–H and O–H groups in total. The minimum Gasteiger partial charge on any atom is -0.328 e. The molecule has 3 heteroatoms. The minimum absolute atomic E-state index is 0.486. The lowest BCUT2D eigenvalue weighted by Gasteiger charge is -2.40. The van der Waals surface area contributed by atoms with Crippen molar-refractivity contribution in [2.75, 3.05) is 33.2 Å². The summed E-state index contributed by atoms with van der Waals surface area (Å²) in [7, 11) is 2.26. The Hall–Kier alpha value is -0.120. The summed E-state index contributed by atoms with van der Waals surface area (Å²) in [6.45, 7) is 7.34. The standard InChI is InChI=1S/C13H27N3/c1-3-13-10-16(7-6-15(13)2)9-11-4-5-12(14)8-11/h11-13H,3-10,14H2,1-2H3. The van der Waals surface area contributed by atoms with Crippen LogP contribution in [0.15, 0.2) is 0 Å². The van der Waals surface area contributed by atoms with Gasteiger partial charge in [-0.3, -0.25) is 0 Å². The van der Waals surface area contributed by atoms with Crippen molar-refractivity contribution in [1.29, 1.82) is 0 Å². The topological polar surface area (TPSA) is 32.5 Å². The van der Waals surface area contributed by atoms with Gasteiger partial charge in [0, 0.05) is 38.3 Å². The molecule has 16 heavy (non-hydrogen) atoms. The molecule has 1 saturated carbocycles. The summed E-state index contributed by atoms with van der Waals surface area (Å²) in [6.07, 6.45) is 5.13. The molecule has 0 aromatic carbocycles. The zero-order valence-electron chi connectivity index (χ0n) is 10.9. The molecule has 2 rings (SSSR count). The zero-order chi connectivity index (χ0) is 11.5. The van der Waals surface area contributed by atoms with E-state index >= 15 is 0 Å². The van der Waals surface area contributed by atoms with E-state index in [9.17, 15) is 0 Å². The lowest BCUT2D eigenvalue weighted by molar-refractivity contribution is 0.0820. The second kappa shape index (κ2) is 5.48. The van der Waals surface area contributed by atoms with Crippen molar-refractivity contribution in [3.05, 3.63) is 0 Å². The summed E-state index contributed by atoms with van der Waals surface area (Å²) in [6, 6.07) is 1.25. The van der Waals surface area contributed by atoms with Gasteiger partial charge in [0.25, 0.3) is 0 Å². The van der Waals surface area contributed by atoms with Crippen molar-refractivity contribution >= 4 is 0 Å². The van der Waals surface area contributed by atoms with E-state index in [0.29, 0.717) is 6.04 Å². The van der Waals surface area contributed by atoms with Gasteiger partial charge in [0.15, 0.2) is 0 Å². The Morgan fingerprint density at radius 3 is 2.69 bits per heavy atom. The van der Waals surface area contributed by atoms with Crippen LogP contribution in [0.1, 0.15) is 32.6 Å². The van der Waals surface area contributed by atoms with Crippen LogP contribution in [0.4, 0.5) is 0 Å². The van der Waals surface area contributed by atoms with E-state index in [1.165, 1.54) is 51.9 Å². The molecule has 94 valence electrons. The first-order valence-corrected chi connectivity index (χ1v) is 6.87. The quantitative estimate of drug-likeness (QED) is 0.782. The van der Waals surface area contributed by atoms with E-state index in [0.717, 1.165) is 12.0 Å². The smallest absolute Gasteiger partial charge is 0.0218 e. The predicted octanol–water partition coefficient (Wildman–Crippen LogP) is 1.14. The molecule has 3 unspecified atom stereocenters. The van der Waals surface area contributed by atoms with Crippen LogP contribution >= 0.6 is 0 Å². The second-order valence-corrected chi connectivity index (χ2v) is 5.74. The molecular weight excluding hydrogens is 198 g/mol. The van der Waals surface area contributed by atoms with Crippen LogP contribution in [0, 0.1) is 5.92 Å². The fourth-order valence-electron chi connectivity index (χ4n) is 3.26. The molecular formula is C13H27N3. The normalized spacial score (nSPS) is 38.1. The summed E-state index contributed by atoms with van der Waals surface area (Å²) < 4.78 is 0. The third kappa shape index (κ3) is 2.96. The highest BCUT2D eigenvalue weighted by molar-refractivity contribution is 4.84.